The number of amides is 1. The zero-order valence-electron chi connectivity index (χ0n) is 18.0. The van der Waals surface area contributed by atoms with Gasteiger partial charge >= 0.3 is 5.97 Å². The molecule has 2 aromatic rings. The van der Waals surface area contributed by atoms with Gasteiger partial charge in [0.25, 0.3) is 0 Å². The fourth-order valence-corrected chi connectivity index (χ4v) is 3.79. The lowest BCUT2D eigenvalue weighted by atomic mass is 10.00. The predicted octanol–water partition coefficient (Wildman–Crippen LogP) is 3.72. The Morgan fingerprint density at radius 3 is 2.52 bits per heavy atom. The fraction of sp³-hybridized carbons (Fsp3) is 0.417. The normalized spacial score (nSPS) is 17.6. The third-order valence-electron chi connectivity index (χ3n) is 5.57. The molecule has 3 rings (SSSR count). The number of halogens is 1. The lowest BCUT2D eigenvalue weighted by molar-refractivity contribution is -0.128. The van der Waals surface area contributed by atoms with E-state index in [1.165, 1.54) is 19.2 Å². The lowest BCUT2D eigenvalue weighted by Gasteiger charge is -2.35. The number of carbonyl (C=O) groups excluding carboxylic acids is 2. The second-order valence-electron chi connectivity index (χ2n) is 7.69. The smallest absolute Gasteiger partial charge is 0.337 e. The SMILES string of the molecule is COC(=O)c1ccc([C@H](C)NC(=O)[C@H]2CCCCN2CCOc2ccc(F)cc2)cc1. The first-order chi connectivity index (χ1) is 15.0. The number of benzene rings is 2. The number of rotatable bonds is 8. The molecule has 1 heterocycles. The molecule has 31 heavy (non-hydrogen) atoms. The Labute approximate surface area is 182 Å². The Morgan fingerprint density at radius 2 is 1.84 bits per heavy atom. The average molecular weight is 429 g/mol. The molecule has 0 bridgehead atoms. The van der Waals surface area contributed by atoms with Gasteiger partial charge in [0.05, 0.1) is 24.8 Å². The molecule has 1 N–H and O–H groups in total. The highest BCUT2D eigenvalue weighted by atomic mass is 19.1. The van der Waals surface area contributed by atoms with E-state index in [0.717, 1.165) is 31.4 Å². The standard InChI is InChI=1S/C24H29FN2O4/c1-17(18-6-8-19(9-7-18)24(29)30-2)26-23(28)22-5-3-4-14-27(22)15-16-31-21-12-10-20(25)11-13-21/h6-13,17,22H,3-5,14-16H2,1-2H3,(H,26,28)/t17-,22+/m0/s1. The van der Waals surface area contributed by atoms with Crippen LogP contribution < -0.4 is 10.1 Å². The van der Waals surface area contributed by atoms with Crippen LogP contribution in [0.5, 0.6) is 5.75 Å². The highest BCUT2D eigenvalue weighted by Crippen LogP contribution is 2.20. The van der Waals surface area contributed by atoms with E-state index in [-0.39, 0.29) is 29.8 Å². The molecule has 1 fully saturated rings. The van der Waals surface area contributed by atoms with Crippen LogP contribution in [-0.2, 0) is 9.53 Å². The Hall–Kier alpha value is -2.93. The zero-order chi connectivity index (χ0) is 22.2. The molecule has 1 amide bonds. The summed E-state index contributed by atoms with van der Waals surface area (Å²) < 4.78 is 23.4. The number of ether oxygens (including phenoxy) is 2. The van der Waals surface area contributed by atoms with Crippen LogP contribution >= 0.6 is 0 Å². The largest absolute Gasteiger partial charge is 0.492 e. The second-order valence-corrected chi connectivity index (χ2v) is 7.69. The van der Waals surface area contributed by atoms with Crippen molar-refractivity contribution in [2.75, 3.05) is 26.8 Å². The van der Waals surface area contributed by atoms with Gasteiger partial charge in [-0.1, -0.05) is 18.6 Å². The van der Waals surface area contributed by atoms with Crippen LogP contribution in [0.4, 0.5) is 4.39 Å². The van der Waals surface area contributed by atoms with Gasteiger partial charge in [0.2, 0.25) is 5.91 Å². The van der Waals surface area contributed by atoms with Gasteiger partial charge in [-0.25, -0.2) is 9.18 Å². The third kappa shape index (κ3) is 6.28. The minimum atomic E-state index is -0.385. The molecule has 166 valence electrons. The van der Waals surface area contributed by atoms with Gasteiger partial charge in [0.15, 0.2) is 0 Å². The summed E-state index contributed by atoms with van der Waals surface area (Å²) >= 11 is 0. The van der Waals surface area contributed by atoms with E-state index in [9.17, 15) is 14.0 Å². The molecule has 2 atom stereocenters. The molecule has 1 saturated heterocycles. The molecule has 1 aliphatic heterocycles. The van der Waals surface area contributed by atoms with Gasteiger partial charge in [0.1, 0.15) is 18.2 Å². The van der Waals surface area contributed by atoms with Crippen molar-refractivity contribution in [2.24, 2.45) is 0 Å². The first-order valence-corrected chi connectivity index (χ1v) is 10.6. The van der Waals surface area contributed by atoms with E-state index in [4.69, 9.17) is 9.47 Å². The topological polar surface area (TPSA) is 67.9 Å². The number of esters is 1. The summed E-state index contributed by atoms with van der Waals surface area (Å²) in [5.74, 6) is -0.0763. The Morgan fingerprint density at radius 1 is 1.13 bits per heavy atom. The average Bonchev–Trinajstić information content (AvgIpc) is 2.80. The van der Waals surface area contributed by atoms with E-state index in [2.05, 4.69) is 10.2 Å². The summed E-state index contributed by atoms with van der Waals surface area (Å²) in [5, 5.41) is 3.09. The maximum atomic E-state index is 13.0. The summed E-state index contributed by atoms with van der Waals surface area (Å²) in [6.07, 6.45) is 2.86. The van der Waals surface area contributed by atoms with Crippen LogP contribution in [0.2, 0.25) is 0 Å². The molecule has 1 aliphatic rings. The fourth-order valence-electron chi connectivity index (χ4n) is 3.79. The van der Waals surface area contributed by atoms with Crippen molar-refractivity contribution in [3.63, 3.8) is 0 Å². The number of nitrogens with zero attached hydrogens (tertiary/aromatic N) is 1. The number of likely N-dealkylation sites (tertiary alicyclic amines) is 1. The van der Waals surface area contributed by atoms with Crippen molar-refractivity contribution >= 4 is 11.9 Å². The molecule has 2 aromatic carbocycles. The van der Waals surface area contributed by atoms with Crippen molar-refractivity contribution < 1.29 is 23.5 Å². The number of carbonyl (C=O) groups is 2. The number of nitrogens with one attached hydrogen (secondary N) is 1. The monoisotopic (exact) mass is 428 g/mol. The number of hydrogen-bond donors (Lipinski definition) is 1. The van der Waals surface area contributed by atoms with Gasteiger partial charge in [-0.3, -0.25) is 9.69 Å². The Kier molecular flexibility index (Phi) is 8.00. The van der Waals surface area contributed by atoms with E-state index in [0.29, 0.717) is 24.5 Å². The quantitative estimate of drug-likeness (QED) is 0.649. The summed E-state index contributed by atoms with van der Waals surface area (Å²) in [6.45, 7) is 3.82. The van der Waals surface area contributed by atoms with Crippen molar-refractivity contribution in [3.8, 4) is 5.75 Å². The maximum absolute atomic E-state index is 13.0. The summed E-state index contributed by atoms with van der Waals surface area (Å²) in [6, 6.07) is 12.6. The highest BCUT2D eigenvalue weighted by Gasteiger charge is 2.29. The van der Waals surface area contributed by atoms with Gasteiger partial charge in [-0.05, 0) is 68.3 Å². The number of piperidine rings is 1. The molecule has 0 aromatic heterocycles. The van der Waals surface area contributed by atoms with Crippen LogP contribution in [0.1, 0.15) is 48.1 Å². The maximum Gasteiger partial charge on any atom is 0.337 e. The van der Waals surface area contributed by atoms with Crippen molar-refractivity contribution in [1.82, 2.24) is 10.2 Å². The van der Waals surface area contributed by atoms with Crippen LogP contribution in [0.25, 0.3) is 0 Å². The summed E-state index contributed by atoms with van der Waals surface area (Å²) in [4.78, 5) is 26.7. The van der Waals surface area contributed by atoms with Crippen molar-refractivity contribution in [3.05, 3.63) is 65.5 Å². The summed E-state index contributed by atoms with van der Waals surface area (Å²) in [5.41, 5.74) is 1.40. The molecule has 0 aliphatic carbocycles. The second kappa shape index (κ2) is 10.9. The van der Waals surface area contributed by atoms with Gasteiger partial charge in [-0.2, -0.15) is 0 Å². The zero-order valence-corrected chi connectivity index (χ0v) is 18.0. The van der Waals surface area contributed by atoms with Gasteiger partial charge in [0, 0.05) is 6.54 Å². The van der Waals surface area contributed by atoms with E-state index in [1.807, 2.05) is 19.1 Å². The minimum absolute atomic E-state index is 0.00831. The predicted molar refractivity (Wildman–Crippen MR) is 115 cm³/mol. The van der Waals surface area contributed by atoms with Crippen LogP contribution in [0.3, 0.4) is 0 Å². The van der Waals surface area contributed by atoms with Crippen LogP contribution in [-0.4, -0.2) is 49.6 Å². The van der Waals surface area contributed by atoms with Gasteiger partial charge in [-0.15, -0.1) is 0 Å². The minimum Gasteiger partial charge on any atom is -0.492 e. The van der Waals surface area contributed by atoms with Crippen LogP contribution in [0, 0.1) is 5.82 Å². The van der Waals surface area contributed by atoms with Gasteiger partial charge < -0.3 is 14.8 Å². The number of methoxy groups -OCH3 is 1. The van der Waals surface area contributed by atoms with Crippen LogP contribution in [0.15, 0.2) is 48.5 Å². The molecular formula is C24H29FN2O4. The molecule has 7 heteroatoms. The van der Waals surface area contributed by atoms with E-state index >= 15 is 0 Å². The Bertz CT molecular complexity index is 870. The lowest BCUT2D eigenvalue weighted by Crippen LogP contribution is -2.51. The molecule has 0 spiro atoms. The van der Waals surface area contributed by atoms with E-state index in [1.54, 1.807) is 24.3 Å². The highest BCUT2D eigenvalue weighted by molar-refractivity contribution is 5.89. The molecule has 0 saturated carbocycles. The Balaban J connectivity index is 1.54. The number of hydrogen-bond acceptors (Lipinski definition) is 5. The summed E-state index contributed by atoms with van der Waals surface area (Å²) in [7, 11) is 1.35. The molecule has 6 nitrogen and oxygen atoms in total. The van der Waals surface area contributed by atoms with E-state index < -0.39 is 0 Å². The molecule has 0 unspecified atom stereocenters. The van der Waals surface area contributed by atoms with Crippen molar-refractivity contribution in [2.45, 2.75) is 38.3 Å². The first kappa shape index (κ1) is 22.7. The molecule has 0 radical (unpaired) electrons. The first-order valence-electron chi connectivity index (χ1n) is 10.6. The molecular weight excluding hydrogens is 399 g/mol. The van der Waals surface area contributed by atoms with Crippen molar-refractivity contribution in [1.29, 1.82) is 0 Å². The third-order valence-corrected chi connectivity index (χ3v) is 5.57.